The SMILES string of the molecule is Cc1ccc(NC(=O)N[C@@H](CC(=O)O)C(=O)O)cc1. The Balaban J connectivity index is 2.59. The molecule has 1 aromatic rings. The van der Waals surface area contributed by atoms with Crippen LogP contribution in [0.25, 0.3) is 0 Å². The molecule has 0 aliphatic heterocycles. The first-order valence-corrected chi connectivity index (χ1v) is 5.47. The van der Waals surface area contributed by atoms with Crippen LogP contribution in [-0.2, 0) is 9.59 Å². The Labute approximate surface area is 109 Å². The molecule has 1 rings (SSSR count). The number of rotatable bonds is 5. The fourth-order valence-corrected chi connectivity index (χ4v) is 1.34. The van der Waals surface area contributed by atoms with Gasteiger partial charge in [0, 0.05) is 5.69 Å². The number of carbonyl (C=O) groups is 3. The molecule has 0 aliphatic rings. The smallest absolute Gasteiger partial charge is 0.326 e. The van der Waals surface area contributed by atoms with Crippen LogP contribution in [0.2, 0.25) is 0 Å². The van der Waals surface area contributed by atoms with Crippen molar-refractivity contribution in [3.63, 3.8) is 0 Å². The van der Waals surface area contributed by atoms with E-state index in [4.69, 9.17) is 10.2 Å². The average molecular weight is 266 g/mol. The molecular formula is C12H14N2O5. The first-order chi connectivity index (χ1) is 8.88. The van der Waals surface area contributed by atoms with E-state index >= 15 is 0 Å². The summed E-state index contributed by atoms with van der Waals surface area (Å²) in [6.45, 7) is 1.89. The van der Waals surface area contributed by atoms with E-state index in [0.29, 0.717) is 5.69 Å². The van der Waals surface area contributed by atoms with Gasteiger partial charge in [0.1, 0.15) is 6.04 Å². The quantitative estimate of drug-likeness (QED) is 0.635. The predicted molar refractivity (Wildman–Crippen MR) is 67.0 cm³/mol. The summed E-state index contributed by atoms with van der Waals surface area (Å²) >= 11 is 0. The van der Waals surface area contributed by atoms with Crippen molar-refractivity contribution < 1.29 is 24.6 Å². The molecule has 0 heterocycles. The van der Waals surface area contributed by atoms with E-state index in [1.165, 1.54) is 0 Å². The number of urea groups is 1. The van der Waals surface area contributed by atoms with E-state index in [9.17, 15) is 14.4 Å². The summed E-state index contributed by atoms with van der Waals surface area (Å²) < 4.78 is 0. The summed E-state index contributed by atoms with van der Waals surface area (Å²) in [6, 6.07) is 4.63. The third kappa shape index (κ3) is 5.07. The number of amides is 2. The number of nitrogens with one attached hydrogen (secondary N) is 2. The van der Waals surface area contributed by atoms with E-state index in [1.807, 2.05) is 6.92 Å². The van der Waals surface area contributed by atoms with E-state index in [2.05, 4.69) is 10.6 Å². The van der Waals surface area contributed by atoms with Crippen molar-refractivity contribution in [2.24, 2.45) is 0 Å². The van der Waals surface area contributed by atoms with E-state index < -0.39 is 30.4 Å². The van der Waals surface area contributed by atoms with Crippen molar-refractivity contribution >= 4 is 23.7 Å². The number of anilines is 1. The van der Waals surface area contributed by atoms with Crippen LogP contribution in [0.15, 0.2) is 24.3 Å². The molecule has 1 aromatic carbocycles. The molecule has 0 saturated carbocycles. The van der Waals surface area contributed by atoms with Crippen molar-refractivity contribution in [3.05, 3.63) is 29.8 Å². The lowest BCUT2D eigenvalue weighted by molar-refractivity contribution is -0.145. The fourth-order valence-electron chi connectivity index (χ4n) is 1.34. The number of carboxylic acids is 2. The van der Waals surface area contributed by atoms with Crippen LogP contribution in [0.1, 0.15) is 12.0 Å². The fraction of sp³-hybridized carbons (Fsp3) is 0.250. The molecule has 4 N–H and O–H groups in total. The maximum atomic E-state index is 11.5. The number of carboxylic acid groups (broad SMARTS) is 2. The molecule has 102 valence electrons. The third-order valence-electron chi connectivity index (χ3n) is 2.29. The molecule has 2 amide bonds. The molecule has 0 saturated heterocycles. The normalized spacial score (nSPS) is 11.4. The van der Waals surface area contributed by atoms with Crippen LogP contribution in [0.5, 0.6) is 0 Å². The van der Waals surface area contributed by atoms with Crippen LogP contribution in [0.4, 0.5) is 10.5 Å². The van der Waals surface area contributed by atoms with Crippen LogP contribution in [0, 0.1) is 6.92 Å². The molecule has 0 aliphatic carbocycles. The van der Waals surface area contributed by atoms with Gasteiger partial charge in [0.2, 0.25) is 0 Å². The second-order valence-electron chi connectivity index (χ2n) is 3.95. The Bertz CT molecular complexity index is 483. The summed E-state index contributed by atoms with van der Waals surface area (Å²) in [7, 11) is 0. The Kier molecular flexibility index (Phi) is 4.87. The van der Waals surface area contributed by atoms with Gasteiger partial charge in [-0.2, -0.15) is 0 Å². The van der Waals surface area contributed by atoms with Crippen molar-refractivity contribution in [2.45, 2.75) is 19.4 Å². The van der Waals surface area contributed by atoms with Gasteiger partial charge >= 0.3 is 18.0 Å². The highest BCUT2D eigenvalue weighted by Gasteiger charge is 2.22. The maximum absolute atomic E-state index is 11.5. The van der Waals surface area contributed by atoms with Crippen molar-refractivity contribution in [3.8, 4) is 0 Å². The second kappa shape index (κ2) is 6.39. The zero-order chi connectivity index (χ0) is 14.4. The van der Waals surface area contributed by atoms with Gasteiger partial charge in [-0.15, -0.1) is 0 Å². The summed E-state index contributed by atoms with van der Waals surface area (Å²) in [5, 5.41) is 21.8. The highest BCUT2D eigenvalue weighted by atomic mass is 16.4. The largest absolute Gasteiger partial charge is 0.481 e. The van der Waals surface area contributed by atoms with E-state index in [1.54, 1.807) is 24.3 Å². The molecule has 0 radical (unpaired) electrons. The van der Waals surface area contributed by atoms with Gasteiger partial charge in [-0.25, -0.2) is 9.59 Å². The standard InChI is InChI=1S/C12H14N2O5/c1-7-2-4-8(5-3-7)13-12(19)14-9(11(17)18)6-10(15)16/h2-5,9H,6H2,1H3,(H,15,16)(H,17,18)(H2,13,14,19)/t9-/m0/s1. The zero-order valence-electron chi connectivity index (χ0n) is 10.2. The Morgan fingerprint density at radius 1 is 1.16 bits per heavy atom. The van der Waals surface area contributed by atoms with E-state index in [0.717, 1.165) is 5.56 Å². The Morgan fingerprint density at radius 3 is 2.21 bits per heavy atom. The molecule has 0 bridgehead atoms. The molecule has 0 aromatic heterocycles. The van der Waals surface area contributed by atoms with Crippen LogP contribution in [0.3, 0.4) is 0 Å². The van der Waals surface area contributed by atoms with Crippen LogP contribution >= 0.6 is 0 Å². The van der Waals surface area contributed by atoms with E-state index in [-0.39, 0.29) is 0 Å². The first kappa shape index (κ1) is 14.5. The highest BCUT2D eigenvalue weighted by molar-refractivity contribution is 5.93. The third-order valence-corrected chi connectivity index (χ3v) is 2.29. The molecule has 0 fully saturated rings. The summed E-state index contributed by atoms with van der Waals surface area (Å²) in [5.74, 6) is -2.70. The van der Waals surface area contributed by atoms with Crippen LogP contribution in [-0.4, -0.2) is 34.2 Å². The zero-order valence-corrected chi connectivity index (χ0v) is 10.2. The number of hydrogen-bond acceptors (Lipinski definition) is 3. The lowest BCUT2D eigenvalue weighted by Gasteiger charge is -2.13. The monoisotopic (exact) mass is 266 g/mol. The van der Waals surface area contributed by atoms with Gasteiger partial charge in [-0.05, 0) is 19.1 Å². The lowest BCUT2D eigenvalue weighted by Crippen LogP contribution is -2.44. The Hall–Kier alpha value is -2.57. The predicted octanol–water partition coefficient (Wildman–Crippen LogP) is 1.04. The van der Waals surface area contributed by atoms with Crippen molar-refractivity contribution in [2.75, 3.05) is 5.32 Å². The number of hydrogen-bond donors (Lipinski definition) is 4. The first-order valence-electron chi connectivity index (χ1n) is 5.47. The number of aliphatic carboxylic acids is 2. The molecule has 0 unspecified atom stereocenters. The summed E-state index contributed by atoms with van der Waals surface area (Å²) in [6.07, 6.45) is -0.684. The van der Waals surface area contributed by atoms with Crippen molar-refractivity contribution in [1.29, 1.82) is 0 Å². The maximum Gasteiger partial charge on any atom is 0.326 e. The van der Waals surface area contributed by atoms with Gasteiger partial charge in [0.25, 0.3) is 0 Å². The topological polar surface area (TPSA) is 116 Å². The minimum absolute atomic E-state index is 0.488. The van der Waals surface area contributed by atoms with Crippen LogP contribution < -0.4 is 10.6 Å². The Morgan fingerprint density at radius 2 is 1.74 bits per heavy atom. The molecule has 1 atom stereocenters. The van der Waals surface area contributed by atoms with Gasteiger partial charge in [-0.1, -0.05) is 17.7 Å². The minimum Gasteiger partial charge on any atom is -0.481 e. The number of aryl methyl sites for hydroxylation is 1. The van der Waals surface area contributed by atoms with Gasteiger partial charge < -0.3 is 20.8 Å². The average Bonchev–Trinajstić information content (AvgIpc) is 2.30. The van der Waals surface area contributed by atoms with Crippen molar-refractivity contribution in [1.82, 2.24) is 5.32 Å². The highest BCUT2D eigenvalue weighted by Crippen LogP contribution is 2.08. The number of benzene rings is 1. The molecule has 7 heteroatoms. The summed E-state index contributed by atoms with van der Waals surface area (Å²) in [4.78, 5) is 32.7. The molecule has 7 nitrogen and oxygen atoms in total. The second-order valence-corrected chi connectivity index (χ2v) is 3.95. The molecule has 19 heavy (non-hydrogen) atoms. The number of carbonyl (C=O) groups excluding carboxylic acids is 1. The molecular weight excluding hydrogens is 252 g/mol. The van der Waals surface area contributed by atoms with Gasteiger partial charge in [-0.3, -0.25) is 4.79 Å². The molecule has 0 spiro atoms. The summed E-state index contributed by atoms with van der Waals surface area (Å²) in [5.41, 5.74) is 1.50. The van der Waals surface area contributed by atoms with Gasteiger partial charge in [0.15, 0.2) is 0 Å². The lowest BCUT2D eigenvalue weighted by atomic mass is 10.2. The minimum atomic E-state index is -1.47. The van der Waals surface area contributed by atoms with Gasteiger partial charge in [0.05, 0.1) is 6.42 Å².